The Balaban J connectivity index is -0.000000245. The van der Waals surface area contributed by atoms with Gasteiger partial charge in [0.25, 0.3) is 0 Å². The van der Waals surface area contributed by atoms with Crippen LogP contribution in [-0.4, -0.2) is 0 Å². The van der Waals surface area contributed by atoms with Crippen LogP contribution in [0.1, 0.15) is 107 Å². The van der Waals surface area contributed by atoms with Gasteiger partial charge in [-0.15, -0.1) is 0 Å². The maximum absolute atomic E-state index is 2.35. The van der Waals surface area contributed by atoms with Crippen molar-refractivity contribution in [1.29, 1.82) is 0 Å². The fraction of sp³-hybridized carbons (Fsp3) is 0.538. The van der Waals surface area contributed by atoms with E-state index < -0.39 is 0 Å². The minimum Gasteiger partial charge on any atom is -0.0776 e. The molecule has 0 fully saturated rings. The molecule has 0 nitrogen and oxygen atoms in total. The minimum atomic E-state index is 0. The van der Waals surface area contributed by atoms with E-state index in [-0.39, 0.29) is 44.6 Å². The van der Waals surface area contributed by atoms with Gasteiger partial charge in [0, 0.05) is 0 Å². The highest BCUT2D eigenvalue weighted by atomic mass is 14.2. The number of rotatable bonds is 7. The lowest BCUT2D eigenvalue weighted by Crippen LogP contribution is -2.02. The molecule has 2 rings (SSSR count). The van der Waals surface area contributed by atoms with Crippen LogP contribution in [0.5, 0.6) is 0 Å². The van der Waals surface area contributed by atoms with E-state index in [1.54, 1.807) is 0 Å². The zero-order chi connectivity index (χ0) is 14.2. The molecule has 0 heteroatoms. The summed E-state index contributed by atoms with van der Waals surface area (Å²) in [5, 5.41) is 0. The first kappa shape index (κ1) is 35.5. The molecule has 0 aliphatic heterocycles. The van der Waals surface area contributed by atoms with Crippen molar-refractivity contribution in [3.8, 4) is 0 Å². The average molecular weight is 363 g/mol. The van der Waals surface area contributed by atoms with Crippen LogP contribution in [0.15, 0.2) is 60.7 Å². The monoisotopic (exact) mass is 362 g/mol. The Morgan fingerprint density at radius 1 is 0.577 bits per heavy atom. The Labute approximate surface area is 168 Å². The smallest absolute Gasteiger partial charge is 0.0162 e. The third-order valence-corrected chi connectivity index (χ3v) is 4.22. The Morgan fingerprint density at radius 3 is 1.42 bits per heavy atom. The van der Waals surface area contributed by atoms with E-state index in [4.69, 9.17) is 0 Å². The minimum absolute atomic E-state index is 0. The summed E-state index contributed by atoms with van der Waals surface area (Å²) in [7, 11) is 0. The SMILES string of the molecule is C.C.C.C.C.C.CCCC(CCC(C)c1ccccc1)c1ccccc1. The summed E-state index contributed by atoms with van der Waals surface area (Å²) >= 11 is 0. The molecule has 0 aromatic heterocycles. The summed E-state index contributed by atoms with van der Waals surface area (Å²) in [6, 6.07) is 21.9. The molecular weight excluding hydrogens is 312 g/mol. The molecule has 0 saturated carbocycles. The van der Waals surface area contributed by atoms with Crippen LogP contribution in [0.25, 0.3) is 0 Å². The molecule has 0 spiro atoms. The van der Waals surface area contributed by atoms with E-state index in [1.807, 2.05) is 0 Å². The lowest BCUT2D eigenvalue weighted by molar-refractivity contribution is 0.514. The highest BCUT2D eigenvalue weighted by molar-refractivity contribution is 5.21. The van der Waals surface area contributed by atoms with Gasteiger partial charge in [-0.05, 0) is 42.2 Å². The molecule has 154 valence electrons. The number of hydrogen-bond donors (Lipinski definition) is 0. The molecule has 0 amide bonds. The molecule has 0 aliphatic rings. The van der Waals surface area contributed by atoms with Gasteiger partial charge < -0.3 is 0 Å². The number of hydrogen-bond acceptors (Lipinski definition) is 0. The first-order valence-corrected chi connectivity index (χ1v) is 7.91. The maximum atomic E-state index is 2.35. The third kappa shape index (κ3) is 11.1. The molecule has 2 aromatic rings. The Bertz CT molecular complexity index is 472. The van der Waals surface area contributed by atoms with Crippen LogP contribution >= 0.6 is 0 Å². The molecule has 0 saturated heterocycles. The van der Waals surface area contributed by atoms with E-state index in [1.165, 1.54) is 36.8 Å². The average Bonchev–Trinajstić information content (AvgIpc) is 2.53. The van der Waals surface area contributed by atoms with Crippen LogP contribution in [-0.2, 0) is 0 Å². The van der Waals surface area contributed by atoms with Crippen molar-refractivity contribution in [3.05, 3.63) is 71.8 Å². The molecular formula is C26H50. The highest BCUT2D eigenvalue weighted by Crippen LogP contribution is 2.30. The summed E-state index contributed by atoms with van der Waals surface area (Å²) in [4.78, 5) is 0. The molecule has 0 radical (unpaired) electrons. The van der Waals surface area contributed by atoms with Gasteiger partial charge in [0.05, 0.1) is 0 Å². The second kappa shape index (κ2) is 19.8. The van der Waals surface area contributed by atoms with Gasteiger partial charge in [0.1, 0.15) is 0 Å². The van der Waals surface area contributed by atoms with Gasteiger partial charge in [-0.1, -0.05) is 125 Å². The zero-order valence-electron chi connectivity index (χ0n) is 12.8. The summed E-state index contributed by atoms with van der Waals surface area (Å²) < 4.78 is 0. The van der Waals surface area contributed by atoms with Crippen LogP contribution < -0.4 is 0 Å². The van der Waals surface area contributed by atoms with Crippen LogP contribution in [0.4, 0.5) is 0 Å². The Kier molecular flexibility index (Phi) is 27.0. The van der Waals surface area contributed by atoms with E-state index in [0.29, 0.717) is 11.8 Å². The van der Waals surface area contributed by atoms with E-state index in [2.05, 4.69) is 74.5 Å². The van der Waals surface area contributed by atoms with E-state index in [0.717, 1.165) is 0 Å². The van der Waals surface area contributed by atoms with Crippen LogP contribution in [0.2, 0.25) is 0 Å². The van der Waals surface area contributed by atoms with E-state index in [9.17, 15) is 0 Å². The van der Waals surface area contributed by atoms with E-state index >= 15 is 0 Å². The molecule has 2 aromatic carbocycles. The van der Waals surface area contributed by atoms with Gasteiger partial charge in [-0.25, -0.2) is 0 Å². The van der Waals surface area contributed by atoms with Crippen molar-refractivity contribution in [1.82, 2.24) is 0 Å². The van der Waals surface area contributed by atoms with Crippen molar-refractivity contribution in [2.45, 2.75) is 95.9 Å². The second-order valence-electron chi connectivity index (χ2n) is 5.79. The molecule has 0 N–H and O–H groups in total. The second-order valence-corrected chi connectivity index (χ2v) is 5.79. The van der Waals surface area contributed by atoms with Gasteiger partial charge in [0.2, 0.25) is 0 Å². The fourth-order valence-electron chi connectivity index (χ4n) is 2.95. The van der Waals surface area contributed by atoms with Gasteiger partial charge in [0.15, 0.2) is 0 Å². The summed E-state index contributed by atoms with van der Waals surface area (Å²) in [5.74, 6) is 1.37. The van der Waals surface area contributed by atoms with Crippen molar-refractivity contribution < 1.29 is 0 Å². The van der Waals surface area contributed by atoms with Gasteiger partial charge >= 0.3 is 0 Å². The topological polar surface area (TPSA) is 0 Å². The normalized spacial score (nSPS) is 10.7. The predicted molar refractivity (Wildman–Crippen MR) is 129 cm³/mol. The van der Waals surface area contributed by atoms with Crippen LogP contribution in [0.3, 0.4) is 0 Å². The number of benzene rings is 2. The predicted octanol–water partition coefficient (Wildman–Crippen LogP) is 9.97. The zero-order valence-corrected chi connectivity index (χ0v) is 12.8. The quantitative estimate of drug-likeness (QED) is 0.459. The highest BCUT2D eigenvalue weighted by Gasteiger charge is 2.13. The first-order chi connectivity index (χ1) is 9.81. The largest absolute Gasteiger partial charge is 0.0776 e. The fourth-order valence-corrected chi connectivity index (χ4v) is 2.95. The van der Waals surface area contributed by atoms with Gasteiger partial charge in [-0.2, -0.15) is 0 Å². The van der Waals surface area contributed by atoms with Crippen molar-refractivity contribution in [2.75, 3.05) is 0 Å². The summed E-state index contributed by atoms with van der Waals surface area (Å²) in [5.41, 5.74) is 2.98. The Morgan fingerprint density at radius 2 is 1.00 bits per heavy atom. The van der Waals surface area contributed by atoms with Crippen molar-refractivity contribution >= 4 is 0 Å². The van der Waals surface area contributed by atoms with Crippen molar-refractivity contribution in [2.24, 2.45) is 0 Å². The molecule has 0 aliphatic carbocycles. The molecule has 2 unspecified atom stereocenters. The molecule has 26 heavy (non-hydrogen) atoms. The maximum Gasteiger partial charge on any atom is -0.0162 e. The van der Waals surface area contributed by atoms with Crippen molar-refractivity contribution in [3.63, 3.8) is 0 Å². The molecule has 2 atom stereocenters. The Hall–Kier alpha value is -1.56. The van der Waals surface area contributed by atoms with Crippen LogP contribution in [0, 0.1) is 0 Å². The summed E-state index contributed by atoms with van der Waals surface area (Å²) in [6.07, 6.45) is 5.11. The molecule has 0 heterocycles. The lowest BCUT2D eigenvalue weighted by Gasteiger charge is -2.19. The standard InChI is InChI=1S/C20H26.6CH4/c1-3-10-19(20-13-8-5-9-14-20)16-15-17(2)18-11-6-4-7-12-18;;;;;;/h4-9,11-14,17,19H,3,10,15-16H2,1-2H3;6*1H4. The first-order valence-electron chi connectivity index (χ1n) is 7.91. The lowest BCUT2D eigenvalue weighted by atomic mass is 9.86. The van der Waals surface area contributed by atoms with Gasteiger partial charge in [-0.3, -0.25) is 0 Å². The summed E-state index contributed by atoms with van der Waals surface area (Å²) in [6.45, 7) is 4.64. The third-order valence-electron chi connectivity index (χ3n) is 4.22. The molecule has 0 bridgehead atoms.